The monoisotopic (exact) mass is 383 g/mol. The highest BCUT2D eigenvalue weighted by atomic mass is 79.9. The minimum atomic E-state index is -0.0514. The summed E-state index contributed by atoms with van der Waals surface area (Å²) >= 11 is 3.60. The molecule has 1 saturated carbocycles. The summed E-state index contributed by atoms with van der Waals surface area (Å²) in [5.41, 5.74) is 2.50. The predicted molar refractivity (Wildman–Crippen MR) is 97.8 cm³/mol. The van der Waals surface area contributed by atoms with Gasteiger partial charge in [-0.2, -0.15) is 0 Å². The number of para-hydroxylation sites is 1. The molecule has 4 rings (SSSR count). The first-order valence-corrected chi connectivity index (χ1v) is 8.96. The molecule has 0 aliphatic heterocycles. The van der Waals surface area contributed by atoms with Crippen LogP contribution in [0.5, 0.6) is 0 Å². The Bertz CT molecular complexity index is 886. The summed E-state index contributed by atoms with van der Waals surface area (Å²) in [6.07, 6.45) is 3.89. The van der Waals surface area contributed by atoms with E-state index in [-0.39, 0.29) is 11.9 Å². The van der Waals surface area contributed by atoms with Crippen molar-refractivity contribution in [1.29, 1.82) is 0 Å². The summed E-state index contributed by atoms with van der Waals surface area (Å²) in [4.78, 5) is 22.9. The summed E-state index contributed by atoms with van der Waals surface area (Å²) in [7, 11) is 0. The average molecular weight is 384 g/mol. The van der Waals surface area contributed by atoms with Gasteiger partial charge >= 0.3 is 0 Å². The Morgan fingerprint density at radius 2 is 2.00 bits per heavy atom. The van der Waals surface area contributed by atoms with Gasteiger partial charge in [-0.1, -0.05) is 24.3 Å². The van der Waals surface area contributed by atoms with Crippen LogP contribution in [0, 0.1) is 0 Å². The van der Waals surface area contributed by atoms with Crippen LogP contribution in [0.3, 0.4) is 0 Å². The standard InChI is InChI=1S/C19H18BrN3O/c1-12(15-7-4-5-11-21-15)23(13-9-10-13)19(24)18-17(20)14-6-2-3-8-16(14)22-18/h2-8,11-13,22H,9-10H2,1H3. The zero-order valence-corrected chi connectivity index (χ0v) is 15.0. The summed E-state index contributed by atoms with van der Waals surface area (Å²) in [6, 6.07) is 14.0. The van der Waals surface area contributed by atoms with E-state index in [0.717, 1.165) is 33.9 Å². The van der Waals surface area contributed by atoms with Gasteiger partial charge in [0.1, 0.15) is 5.69 Å². The Morgan fingerprint density at radius 1 is 1.25 bits per heavy atom. The van der Waals surface area contributed by atoms with Crippen molar-refractivity contribution < 1.29 is 4.79 Å². The van der Waals surface area contributed by atoms with Gasteiger partial charge in [0.15, 0.2) is 0 Å². The van der Waals surface area contributed by atoms with Crippen LogP contribution in [0.15, 0.2) is 53.1 Å². The number of carbonyl (C=O) groups excluding carboxylic acids is 1. The Balaban J connectivity index is 1.73. The summed E-state index contributed by atoms with van der Waals surface area (Å²) in [5, 5.41) is 1.03. The van der Waals surface area contributed by atoms with Crippen LogP contribution in [0.25, 0.3) is 10.9 Å². The minimum absolute atomic E-state index is 0.0266. The second-order valence-corrected chi connectivity index (χ2v) is 7.03. The maximum absolute atomic E-state index is 13.3. The smallest absolute Gasteiger partial charge is 0.272 e. The minimum Gasteiger partial charge on any atom is -0.350 e. The molecule has 4 nitrogen and oxygen atoms in total. The van der Waals surface area contributed by atoms with Crippen LogP contribution in [-0.2, 0) is 0 Å². The lowest BCUT2D eigenvalue weighted by molar-refractivity contribution is 0.0664. The number of amides is 1. The number of H-pyrrole nitrogens is 1. The Labute approximate surface area is 149 Å². The van der Waals surface area contributed by atoms with E-state index >= 15 is 0 Å². The molecule has 1 aliphatic rings. The van der Waals surface area contributed by atoms with Crippen molar-refractivity contribution in [2.24, 2.45) is 0 Å². The molecular formula is C19H18BrN3O. The molecule has 3 aromatic rings. The molecule has 1 unspecified atom stereocenters. The van der Waals surface area contributed by atoms with Crippen molar-refractivity contribution in [3.63, 3.8) is 0 Å². The van der Waals surface area contributed by atoms with E-state index in [1.165, 1.54) is 0 Å². The third-order valence-corrected chi connectivity index (χ3v) is 5.39. The van der Waals surface area contributed by atoms with Gasteiger partial charge in [-0.15, -0.1) is 0 Å². The lowest BCUT2D eigenvalue weighted by atomic mass is 10.1. The van der Waals surface area contributed by atoms with Crippen molar-refractivity contribution in [2.75, 3.05) is 0 Å². The molecule has 122 valence electrons. The number of hydrogen-bond donors (Lipinski definition) is 1. The van der Waals surface area contributed by atoms with E-state index in [1.807, 2.05) is 47.4 Å². The van der Waals surface area contributed by atoms with E-state index in [2.05, 4.69) is 32.8 Å². The molecule has 1 fully saturated rings. The first-order chi connectivity index (χ1) is 11.7. The number of aromatic amines is 1. The number of fused-ring (bicyclic) bond motifs is 1. The summed E-state index contributed by atoms with van der Waals surface area (Å²) in [5.74, 6) is 0.0266. The van der Waals surface area contributed by atoms with Crippen molar-refractivity contribution in [3.05, 3.63) is 64.5 Å². The van der Waals surface area contributed by atoms with E-state index < -0.39 is 0 Å². The van der Waals surface area contributed by atoms with Crippen molar-refractivity contribution in [3.8, 4) is 0 Å². The Morgan fingerprint density at radius 3 is 2.67 bits per heavy atom. The highest BCUT2D eigenvalue weighted by molar-refractivity contribution is 9.10. The molecular weight excluding hydrogens is 366 g/mol. The van der Waals surface area contributed by atoms with Crippen LogP contribution < -0.4 is 0 Å². The molecule has 0 bridgehead atoms. The van der Waals surface area contributed by atoms with Gasteiger partial charge in [0.25, 0.3) is 5.91 Å². The molecule has 24 heavy (non-hydrogen) atoms. The van der Waals surface area contributed by atoms with Crippen molar-refractivity contribution >= 4 is 32.7 Å². The highest BCUT2D eigenvalue weighted by Gasteiger charge is 2.38. The molecule has 1 N–H and O–H groups in total. The first kappa shape index (κ1) is 15.4. The molecule has 1 amide bonds. The molecule has 1 aromatic carbocycles. The van der Waals surface area contributed by atoms with Gasteiger partial charge in [-0.05, 0) is 53.9 Å². The average Bonchev–Trinajstić information content (AvgIpc) is 3.39. The number of pyridine rings is 1. The first-order valence-electron chi connectivity index (χ1n) is 8.16. The molecule has 0 saturated heterocycles. The molecule has 5 heteroatoms. The number of hydrogen-bond acceptors (Lipinski definition) is 2. The van der Waals surface area contributed by atoms with Gasteiger partial charge in [0, 0.05) is 23.1 Å². The predicted octanol–water partition coefficient (Wildman–Crippen LogP) is 4.69. The van der Waals surface area contributed by atoms with Gasteiger partial charge in [-0.25, -0.2) is 0 Å². The second kappa shape index (κ2) is 6.06. The van der Waals surface area contributed by atoms with E-state index in [0.29, 0.717) is 11.7 Å². The summed E-state index contributed by atoms with van der Waals surface area (Å²) in [6.45, 7) is 2.05. The number of nitrogens with one attached hydrogen (secondary N) is 1. The van der Waals surface area contributed by atoms with Crippen molar-refractivity contribution in [1.82, 2.24) is 14.9 Å². The second-order valence-electron chi connectivity index (χ2n) is 6.23. The molecule has 2 heterocycles. The topological polar surface area (TPSA) is 49.0 Å². The zero-order chi connectivity index (χ0) is 16.7. The normalized spacial score (nSPS) is 15.4. The maximum Gasteiger partial charge on any atom is 0.272 e. The number of nitrogens with zero attached hydrogens (tertiary/aromatic N) is 2. The molecule has 1 atom stereocenters. The third-order valence-electron chi connectivity index (χ3n) is 4.56. The van der Waals surface area contributed by atoms with Gasteiger partial charge in [-0.3, -0.25) is 9.78 Å². The Hall–Kier alpha value is -2.14. The SMILES string of the molecule is CC(c1ccccn1)N(C(=O)c1[nH]c2ccccc2c1Br)C1CC1. The summed E-state index contributed by atoms with van der Waals surface area (Å²) < 4.78 is 0.835. The third kappa shape index (κ3) is 2.63. The highest BCUT2D eigenvalue weighted by Crippen LogP contribution is 2.37. The van der Waals surface area contributed by atoms with Crippen molar-refractivity contribution in [2.45, 2.75) is 31.8 Å². The molecule has 0 spiro atoms. The maximum atomic E-state index is 13.3. The number of carbonyl (C=O) groups is 1. The fraction of sp³-hybridized carbons (Fsp3) is 0.263. The van der Waals surface area contributed by atoms with E-state index in [1.54, 1.807) is 6.20 Å². The number of aromatic nitrogens is 2. The fourth-order valence-corrected chi connectivity index (χ4v) is 3.77. The van der Waals surface area contributed by atoms with Crippen LogP contribution in [0.4, 0.5) is 0 Å². The number of benzene rings is 1. The lowest BCUT2D eigenvalue weighted by Crippen LogP contribution is -2.36. The van der Waals surface area contributed by atoms with Crippen LogP contribution in [0.1, 0.15) is 42.0 Å². The quantitative estimate of drug-likeness (QED) is 0.710. The zero-order valence-electron chi connectivity index (χ0n) is 13.4. The fourth-order valence-electron chi connectivity index (χ4n) is 3.16. The van der Waals surface area contributed by atoms with E-state index in [9.17, 15) is 4.79 Å². The van der Waals surface area contributed by atoms with Gasteiger partial charge < -0.3 is 9.88 Å². The van der Waals surface area contributed by atoms with Gasteiger partial charge in [0.2, 0.25) is 0 Å². The van der Waals surface area contributed by atoms with E-state index in [4.69, 9.17) is 0 Å². The largest absolute Gasteiger partial charge is 0.350 e. The van der Waals surface area contributed by atoms with Crippen LogP contribution >= 0.6 is 15.9 Å². The number of halogens is 1. The lowest BCUT2D eigenvalue weighted by Gasteiger charge is -2.28. The number of rotatable bonds is 4. The Kier molecular flexibility index (Phi) is 3.88. The van der Waals surface area contributed by atoms with Crippen LogP contribution in [0.2, 0.25) is 0 Å². The van der Waals surface area contributed by atoms with Crippen LogP contribution in [-0.4, -0.2) is 26.8 Å². The molecule has 0 radical (unpaired) electrons. The van der Waals surface area contributed by atoms with Gasteiger partial charge in [0.05, 0.1) is 16.2 Å². The molecule has 1 aliphatic carbocycles. The molecule has 2 aromatic heterocycles.